The molecule has 164 valence electrons. The number of thioether (sulfide) groups is 1. The van der Waals surface area contributed by atoms with Crippen molar-refractivity contribution >= 4 is 28.9 Å². The van der Waals surface area contributed by atoms with Crippen molar-refractivity contribution in [3.05, 3.63) is 64.0 Å². The van der Waals surface area contributed by atoms with E-state index in [9.17, 15) is 14.7 Å². The third-order valence-electron chi connectivity index (χ3n) is 5.90. The van der Waals surface area contributed by atoms with E-state index in [0.717, 1.165) is 46.7 Å². The van der Waals surface area contributed by atoms with E-state index in [1.165, 1.54) is 12.5 Å². The van der Waals surface area contributed by atoms with Crippen LogP contribution in [0.2, 0.25) is 0 Å². The van der Waals surface area contributed by atoms with Gasteiger partial charge >= 0.3 is 0 Å². The lowest BCUT2D eigenvalue weighted by Crippen LogP contribution is -2.21. The van der Waals surface area contributed by atoms with Gasteiger partial charge in [-0.3, -0.25) is 9.59 Å². The number of carbonyl (C=O) groups excluding carboxylic acids is 2. The van der Waals surface area contributed by atoms with Crippen LogP contribution in [0.25, 0.3) is 5.57 Å². The van der Waals surface area contributed by atoms with Crippen LogP contribution in [-0.2, 0) is 17.6 Å². The van der Waals surface area contributed by atoms with Crippen molar-refractivity contribution in [1.82, 2.24) is 4.98 Å². The van der Waals surface area contributed by atoms with Crippen molar-refractivity contribution in [1.29, 1.82) is 0 Å². The number of ketones is 2. The molecule has 1 unspecified atom stereocenters. The number of pyridine rings is 1. The number of benzene rings is 1. The highest BCUT2D eigenvalue weighted by Gasteiger charge is 2.30. The normalized spacial score (nSPS) is 16.6. The molecule has 1 aliphatic rings. The van der Waals surface area contributed by atoms with Crippen LogP contribution in [0.1, 0.15) is 72.6 Å². The summed E-state index contributed by atoms with van der Waals surface area (Å²) in [4.78, 5) is 28.8. The molecule has 0 saturated carbocycles. The summed E-state index contributed by atoms with van der Waals surface area (Å²) in [7, 11) is 0. The molecule has 1 aromatic heterocycles. The highest BCUT2D eigenvalue weighted by Crippen LogP contribution is 2.37. The summed E-state index contributed by atoms with van der Waals surface area (Å²) in [5.74, 6) is 1.26. The summed E-state index contributed by atoms with van der Waals surface area (Å²) in [5, 5.41) is 11.7. The van der Waals surface area contributed by atoms with E-state index >= 15 is 0 Å². The molecular weight excluding hydrogens is 406 g/mol. The van der Waals surface area contributed by atoms with Gasteiger partial charge in [-0.15, -0.1) is 11.8 Å². The number of aliphatic hydroxyl groups excluding tert-OH is 1. The van der Waals surface area contributed by atoms with Crippen molar-refractivity contribution < 1.29 is 14.7 Å². The van der Waals surface area contributed by atoms with Crippen LogP contribution in [-0.4, -0.2) is 27.4 Å². The third-order valence-corrected chi connectivity index (χ3v) is 6.88. The number of hydrogen-bond acceptors (Lipinski definition) is 5. The second-order valence-corrected chi connectivity index (χ2v) is 9.38. The minimum absolute atomic E-state index is 0.00822. The van der Waals surface area contributed by atoms with Gasteiger partial charge in [0.05, 0.1) is 10.6 Å². The zero-order chi connectivity index (χ0) is 22.5. The Morgan fingerprint density at radius 1 is 1.16 bits per heavy atom. The van der Waals surface area contributed by atoms with Crippen molar-refractivity contribution in [2.75, 3.05) is 5.75 Å². The SMILES string of the molecule is CCc1cc(C)cc(CC)c1C1=C(O)CC(CCSc2ccc(C(C)=O)cn2)CC1=O. The molecule has 1 heterocycles. The maximum absolute atomic E-state index is 13.1. The highest BCUT2D eigenvalue weighted by molar-refractivity contribution is 7.99. The molecule has 1 N–H and O–H groups in total. The largest absolute Gasteiger partial charge is 0.512 e. The molecule has 0 radical (unpaired) electrons. The molecule has 2 aromatic rings. The lowest BCUT2D eigenvalue weighted by atomic mass is 9.79. The van der Waals surface area contributed by atoms with E-state index < -0.39 is 0 Å². The number of aryl methyl sites for hydroxylation is 3. The van der Waals surface area contributed by atoms with Gasteiger partial charge in [-0.2, -0.15) is 0 Å². The maximum Gasteiger partial charge on any atom is 0.167 e. The number of rotatable bonds is 8. The fourth-order valence-electron chi connectivity index (χ4n) is 4.29. The molecule has 0 amide bonds. The van der Waals surface area contributed by atoms with Crippen molar-refractivity contribution in [3.63, 3.8) is 0 Å². The van der Waals surface area contributed by atoms with Gasteiger partial charge in [0.25, 0.3) is 0 Å². The lowest BCUT2D eigenvalue weighted by Gasteiger charge is -2.26. The number of nitrogens with zero attached hydrogens (tertiary/aromatic N) is 1. The van der Waals surface area contributed by atoms with Crippen LogP contribution in [0.4, 0.5) is 0 Å². The summed E-state index contributed by atoms with van der Waals surface area (Å²) >= 11 is 1.62. The Kier molecular flexibility index (Phi) is 7.71. The van der Waals surface area contributed by atoms with E-state index in [2.05, 4.69) is 37.9 Å². The molecule has 4 nitrogen and oxygen atoms in total. The van der Waals surface area contributed by atoms with Gasteiger partial charge in [-0.1, -0.05) is 31.5 Å². The smallest absolute Gasteiger partial charge is 0.167 e. The number of aromatic nitrogens is 1. The first-order chi connectivity index (χ1) is 14.8. The summed E-state index contributed by atoms with van der Waals surface area (Å²) in [6, 6.07) is 7.92. The molecular formula is C26H31NO3S. The monoisotopic (exact) mass is 437 g/mol. The molecule has 0 fully saturated rings. The van der Waals surface area contributed by atoms with Crippen LogP contribution in [0.5, 0.6) is 0 Å². The number of allylic oxidation sites excluding steroid dienone is 2. The topological polar surface area (TPSA) is 67.3 Å². The molecule has 3 rings (SSSR count). The van der Waals surface area contributed by atoms with Crippen LogP contribution >= 0.6 is 11.8 Å². The van der Waals surface area contributed by atoms with Gasteiger partial charge in [-0.05, 0) is 73.6 Å². The molecule has 0 spiro atoms. The predicted octanol–water partition coefficient (Wildman–Crippen LogP) is 6.15. The van der Waals surface area contributed by atoms with Crippen LogP contribution < -0.4 is 0 Å². The van der Waals surface area contributed by atoms with Crippen LogP contribution in [0.3, 0.4) is 0 Å². The maximum atomic E-state index is 13.1. The summed E-state index contributed by atoms with van der Waals surface area (Å²) in [6.07, 6.45) is 5.12. The first kappa shape index (κ1) is 23.3. The fraction of sp³-hybridized carbons (Fsp3) is 0.423. The summed E-state index contributed by atoms with van der Waals surface area (Å²) in [6.45, 7) is 7.80. The Hall–Kier alpha value is -2.40. The standard InChI is InChI=1S/C26H31NO3S/c1-5-19-11-16(3)12-20(6-2)25(19)26-22(29)13-18(14-23(26)30)9-10-31-24-8-7-21(15-27-24)17(4)28/h7-8,11-12,15,18,29H,5-6,9-10,13-14H2,1-4H3. The van der Waals surface area contributed by atoms with Gasteiger partial charge in [-0.25, -0.2) is 4.98 Å². The van der Waals surface area contributed by atoms with E-state index in [4.69, 9.17) is 0 Å². The molecule has 1 atom stereocenters. The van der Waals surface area contributed by atoms with Crippen LogP contribution in [0, 0.1) is 12.8 Å². The Labute approximate surface area is 189 Å². The molecule has 0 saturated heterocycles. The minimum atomic E-state index is 0.00822. The van der Waals surface area contributed by atoms with Crippen LogP contribution in [0.15, 0.2) is 41.2 Å². The second-order valence-electron chi connectivity index (χ2n) is 8.26. The average molecular weight is 438 g/mol. The minimum Gasteiger partial charge on any atom is -0.512 e. The number of Topliss-reactive ketones (excluding diaryl/α,β-unsaturated/α-hetero) is 2. The molecule has 5 heteroatoms. The first-order valence-electron chi connectivity index (χ1n) is 11.0. The number of hydrogen-bond donors (Lipinski definition) is 1. The Bertz CT molecular complexity index is 983. The molecule has 0 aliphatic heterocycles. The Morgan fingerprint density at radius 3 is 2.35 bits per heavy atom. The van der Waals surface area contributed by atoms with E-state index in [1.54, 1.807) is 24.0 Å². The van der Waals surface area contributed by atoms with Gasteiger partial charge in [0.15, 0.2) is 11.6 Å². The molecule has 1 aromatic carbocycles. The van der Waals surface area contributed by atoms with Gasteiger partial charge in [0.2, 0.25) is 0 Å². The van der Waals surface area contributed by atoms with E-state index in [1.807, 2.05) is 6.07 Å². The fourth-order valence-corrected chi connectivity index (χ4v) is 5.24. The van der Waals surface area contributed by atoms with Crippen molar-refractivity contribution in [2.45, 2.75) is 64.8 Å². The summed E-state index contributed by atoms with van der Waals surface area (Å²) in [5.41, 5.74) is 5.58. The molecule has 31 heavy (non-hydrogen) atoms. The zero-order valence-corrected chi connectivity index (χ0v) is 19.6. The van der Waals surface area contributed by atoms with E-state index in [-0.39, 0.29) is 23.2 Å². The average Bonchev–Trinajstić information content (AvgIpc) is 2.74. The zero-order valence-electron chi connectivity index (χ0n) is 18.8. The Morgan fingerprint density at radius 2 is 1.84 bits per heavy atom. The van der Waals surface area contributed by atoms with Crippen molar-refractivity contribution in [3.8, 4) is 0 Å². The second kappa shape index (κ2) is 10.3. The van der Waals surface area contributed by atoms with E-state index in [0.29, 0.717) is 24.0 Å². The van der Waals surface area contributed by atoms with Crippen molar-refractivity contribution in [2.24, 2.45) is 5.92 Å². The van der Waals surface area contributed by atoms with Gasteiger partial charge in [0, 0.05) is 24.6 Å². The molecule has 1 aliphatic carbocycles. The van der Waals surface area contributed by atoms with Gasteiger partial charge < -0.3 is 5.11 Å². The predicted molar refractivity (Wildman–Crippen MR) is 127 cm³/mol. The summed E-state index contributed by atoms with van der Waals surface area (Å²) < 4.78 is 0. The number of aliphatic hydroxyl groups is 1. The van der Waals surface area contributed by atoms with Gasteiger partial charge in [0.1, 0.15) is 5.76 Å². The third kappa shape index (κ3) is 5.45. The Balaban J connectivity index is 1.71. The molecule has 0 bridgehead atoms. The number of carbonyl (C=O) groups is 2. The first-order valence-corrected chi connectivity index (χ1v) is 12.0. The highest BCUT2D eigenvalue weighted by atomic mass is 32.2. The lowest BCUT2D eigenvalue weighted by molar-refractivity contribution is -0.115. The quantitative estimate of drug-likeness (QED) is 0.396.